The molecule has 0 bridgehead atoms. The number of hydrogen-bond acceptors (Lipinski definition) is 5. The van der Waals surface area contributed by atoms with E-state index in [0.29, 0.717) is 31.7 Å². The number of rotatable bonds is 4. The zero-order valence-electron chi connectivity index (χ0n) is 12.9. The number of amides is 1. The molecular formula is C15H26N2O4. The second kappa shape index (κ2) is 6.75. The van der Waals surface area contributed by atoms with E-state index in [1.54, 1.807) is 0 Å². The van der Waals surface area contributed by atoms with Crippen LogP contribution < -0.4 is 11.1 Å². The Labute approximate surface area is 125 Å². The highest BCUT2D eigenvalue weighted by Crippen LogP contribution is 2.33. The molecule has 0 radical (unpaired) electrons. The van der Waals surface area contributed by atoms with Gasteiger partial charge in [-0.05, 0) is 44.4 Å². The van der Waals surface area contributed by atoms with Crippen molar-refractivity contribution >= 4 is 11.9 Å². The molecule has 3 N–H and O–H groups in total. The van der Waals surface area contributed by atoms with Crippen LogP contribution in [-0.2, 0) is 19.1 Å². The average molecular weight is 298 g/mol. The van der Waals surface area contributed by atoms with E-state index in [9.17, 15) is 9.59 Å². The van der Waals surface area contributed by atoms with Crippen molar-refractivity contribution in [3.05, 3.63) is 0 Å². The van der Waals surface area contributed by atoms with E-state index < -0.39 is 11.6 Å². The van der Waals surface area contributed by atoms with Crippen LogP contribution in [0.4, 0.5) is 0 Å². The first-order chi connectivity index (χ1) is 10.0. The van der Waals surface area contributed by atoms with Gasteiger partial charge in [0.05, 0.1) is 13.2 Å². The molecule has 0 spiro atoms. The normalized spacial score (nSPS) is 36.2. The average Bonchev–Trinajstić information content (AvgIpc) is 2.98. The summed E-state index contributed by atoms with van der Waals surface area (Å²) in [5.41, 5.74) is 4.67. The molecule has 2 rings (SSSR count). The van der Waals surface area contributed by atoms with Crippen molar-refractivity contribution in [3.8, 4) is 0 Å². The second-order valence-electron chi connectivity index (χ2n) is 6.31. The molecule has 2 atom stereocenters. The van der Waals surface area contributed by atoms with Gasteiger partial charge in [0, 0.05) is 6.54 Å². The monoisotopic (exact) mass is 298 g/mol. The maximum Gasteiger partial charge on any atom is 0.331 e. The summed E-state index contributed by atoms with van der Waals surface area (Å²) in [5, 5.41) is 2.91. The molecule has 1 aliphatic heterocycles. The Morgan fingerprint density at radius 3 is 2.48 bits per heavy atom. The second-order valence-corrected chi connectivity index (χ2v) is 6.31. The predicted molar refractivity (Wildman–Crippen MR) is 77.5 cm³/mol. The molecule has 21 heavy (non-hydrogen) atoms. The zero-order valence-corrected chi connectivity index (χ0v) is 12.9. The number of carbonyl (C=O) groups excluding carboxylic acids is 2. The number of esters is 1. The number of ether oxygens (including phenoxy) is 2. The number of hydrogen-bond donors (Lipinski definition) is 2. The Hall–Kier alpha value is -1.14. The van der Waals surface area contributed by atoms with Gasteiger partial charge in [0.2, 0.25) is 5.91 Å². The molecular weight excluding hydrogens is 272 g/mol. The van der Waals surface area contributed by atoms with Gasteiger partial charge in [0.15, 0.2) is 0 Å². The van der Waals surface area contributed by atoms with Gasteiger partial charge < -0.3 is 20.5 Å². The topological polar surface area (TPSA) is 90.7 Å². The summed E-state index contributed by atoms with van der Waals surface area (Å²) in [6, 6.07) is 0. The maximum atomic E-state index is 12.4. The Morgan fingerprint density at radius 2 is 1.95 bits per heavy atom. The van der Waals surface area contributed by atoms with Crippen molar-refractivity contribution in [2.24, 2.45) is 11.7 Å². The lowest BCUT2D eigenvalue weighted by molar-refractivity contribution is -0.154. The molecule has 6 nitrogen and oxygen atoms in total. The number of nitrogens with two attached hydrogens (primary N) is 1. The molecule has 1 aliphatic carbocycles. The van der Waals surface area contributed by atoms with Crippen molar-refractivity contribution in [1.82, 2.24) is 5.32 Å². The fraction of sp³-hybridized carbons (Fsp3) is 0.867. The Bertz CT molecular complexity index is 391. The fourth-order valence-corrected chi connectivity index (χ4v) is 3.22. The number of methoxy groups -OCH3 is 1. The van der Waals surface area contributed by atoms with Crippen molar-refractivity contribution in [2.75, 3.05) is 13.7 Å². The highest BCUT2D eigenvalue weighted by atomic mass is 16.5. The molecule has 0 aromatic carbocycles. The highest BCUT2D eigenvalue weighted by molar-refractivity contribution is 5.90. The molecule has 1 saturated carbocycles. The Morgan fingerprint density at radius 1 is 1.29 bits per heavy atom. The van der Waals surface area contributed by atoms with Crippen LogP contribution in [0.5, 0.6) is 0 Å². The molecule has 1 saturated heterocycles. The van der Waals surface area contributed by atoms with Crippen molar-refractivity contribution in [1.29, 1.82) is 0 Å². The molecule has 2 fully saturated rings. The lowest BCUT2D eigenvalue weighted by atomic mass is 9.77. The summed E-state index contributed by atoms with van der Waals surface area (Å²) in [5.74, 6) is 0.00561. The van der Waals surface area contributed by atoms with Gasteiger partial charge in [0.25, 0.3) is 0 Å². The first kappa shape index (κ1) is 16.2. The van der Waals surface area contributed by atoms with E-state index in [4.69, 9.17) is 15.2 Å². The summed E-state index contributed by atoms with van der Waals surface area (Å²) in [6.45, 7) is 2.58. The van der Waals surface area contributed by atoms with E-state index in [1.165, 1.54) is 7.11 Å². The van der Waals surface area contributed by atoms with Crippen LogP contribution >= 0.6 is 0 Å². The molecule has 0 aromatic heterocycles. The highest BCUT2D eigenvalue weighted by Gasteiger charge is 2.45. The van der Waals surface area contributed by atoms with Gasteiger partial charge in [-0.1, -0.05) is 6.92 Å². The minimum Gasteiger partial charge on any atom is -0.467 e. The van der Waals surface area contributed by atoms with Crippen molar-refractivity contribution in [3.63, 3.8) is 0 Å². The lowest BCUT2D eigenvalue weighted by Gasteiger charge is -2.38. The lowest BCUT2D eigenvalue weighted by Crippen LogP contribution is -2.58. The smallest absolute Gasteiger partial charge is 0.331 e. The third-order valence-corrected chi connectivity index (χ3v) is 4.73. The largest absolute Gasteiger partial charge is 0.467 e. The van der Waals surface area contributed by atoms with E-state index in [1.807, 2.05) is 0 Å². The fourth-order valence-electron chi connectivity index (χ4n) is 3.22. The van der Waals surface area contributed by atoms with E-state index in [2.05, 4.69) is 12.2 Å². The molecule has 0 unspecified atom stereocenters. The summed E-state index contributed by atoms with van der Waals surface area (Å²) in [4.78, 5) is 24.6. The molecule has 1 heterocycles. The maximum absolute atomic E-state index is 12.4. The standard InChI is InChI=1S/C15H26N2O4/c1-10-5-7-15(8-6-10,14(19)20-2)17-13(18)12-4-3-11(9-16)21-12/h10-12H,3-9,16H2,1-2H3,(H,17,18)/t10?,11-,12+,15?/m1/s1. The Balaban J connectivity index is 2.02. The van der Waals surface area contributed by atoms with E-state index in [0.717, 1.165) is 19.3 Å². The van der Waals surface area contributed by atoms with Gasteiger partial charge >= 0.3 is 5.97 Å². The molecule has 120 valence electrons. The van der Waals surface area contributed by atoms with Gasteiger partial charge in [-0.15, -0.1) is 0 Å². The summed E-state index contributed by atoms with van der Waals surface area (Å²) >= 11 is 0. The third kappa shape index (κ3) is 3.55. The quantitative estimate of drug-likeness (QED) is 0.747. The molecule has 2 aliphatic rings. The first-order valence-corrected chi connectivity index (χ1v) is 7.76. The van der Waals surface area contributed by atoms with Crippen LogP contribution in [-0.4, -0.2) is 43.3 Å². The molecule has 1 amide bonds. The van der Waals surface area contributed by atoms with Crippen LogP contribution in [0, 0.1) is 5.92 Å². The minimum absolute atomic E-state index is 0.0544. The summed E-state index contributed by atoms with van der Waals surface area (Å²) in [7, 11) is 1.37. The molecule has 0 aromatic rings. The third-order valence-electron chi connectivity index (χ3n) is 4.73. The van der Waals surface area contributed by atoms with Gasteiger partial charge in [-0.3, -0.25) is 4.79 Å². The van der Waals surface area contributed by atoms with Crippen molar-refractivity contribution < 1.29 is 19.1 Å². The van der Waals surface area contributed by atoms with Crippen LogP contribution in [0.1, 0.15) is 45.4 Å². The van der Waals surface area contributed by atoms with Crippen LogP contribution in [0.2, 0.25) is 0 Å². The summed E-state index contributed by atoms with van der Waals surface area (Å²) < 4.78 is 10.5. The minimum atomic E-state index is -0.886. The van der Waals surface area contributed by atoms with Gasteiger partial charge in [-0.2, -0.15) is 0 Å². The van der Waals surface area contributed by atoms with Gasteiger partial charge in [-0.25, -0.2) is 4.79 Å². The van der Waals surface area contributed by atoms with Crippen LogP contribution in [0.3, 0.4) is 0 Å². The van der Waals surface area contributed by atoms with Crippen molar-refractivity contribution in [2.45, 2.75) is 63.2 Å². The van der Waals surface area contributed by atoms with E-state index >= 15 is 0 Å². The summed E-state index contributed by atoms with van der Waals surface area (Å²) in [6.07, 6.45) is 3.96. The first-order valence-electron chi connectivity index (χ1n) is 7.76. The SMILES string of the molecule is COC(=O)C1(NC(=O)[C@@H]2CC[C@H](CN)O2)CCC(C)CC1. The van der Waals surface area contributed by atoms with E-state index in [-0.39, 0.29) is 18.0 Å². The number of carbonyl (C=O) groups is 2. The van der Waals surface area contributed by atoms with Crippen LogP contribution in [0.25, 0.3) is 0 Å². The molecule has 6 heteroatoms. The Kier molecular flexibility index (Phi) is 5.22. The zero-order chi connectivity index (χ0) is 15.5. The van der Waals surface area contributed by atoms with Crippen LogP contribution in [0.15, 0.2) is 0 Å². The van der Waals surface area contributed by atoms with Gasteiger partial charge in [0.1, 0.15) is 11.6 Å². The predicted octanol–water partition coefficient (Wildman–Crippen LogP) is 0.731. The number of nitrogens with one attached hydrogen (secondary N) is 1.